The number of hydrogen-bond donors (Lipinski definition) is 1. The minimum atomic E-state index is -4.30. The second-order valence-corrected chi connectivity index (χ2v) is 6.52. The first-order valence-corrected chi connectivity index (χ1v) is 8.16. The van der Waals surface area contributed by atoms with E-state index in [0.29, 0.717) is 0 Å². The first-order chi connectivity index (χ1) is 11.2. The molecule has 0 radical (unpaired) electrons. The first kappa shape index (κ1) is 17.6. The van der Waals surface area contributed by atoms with Gasteiger partial charge in [-0.25, -0.2) is 18.4 Å². The molecule has 0 fully saturated rings. The summed E-state index contributed by atoms with van der Waals surface area (Å²) in [6.45, 7) is 0. The van der Waals surface area contributed by atoms with E-state index in [9.17, 15) is 23.3 Å². The topological polar surface area (TPSA) is 139 Å². The number of carbonyl (C=O) groups is 1. The average molecular weight is 354 g/mol. The smallest absolute Gasteiger partial charge is 0.355 e. The molecule has 0 aromatic heterocycles. The van der Waals surface area contributed by atoms with Crippen LogP contribution in [0.2, 0.25) is 0 Å². The van der Waals surface area contributed by atoms with Crippen molar-refractivity contribution in [3.63, 3.8) is 0 Å². The number of esters is 1. The van der Waals surface area contributed by atoms with Crippen molar-refractivity contribution in [3.05, 3.63) is 63.2 Å². The lowest BCUT2D eigenvalue weighted by Crippen LogP contribution is -2.47. The van der Waals surface area contributed by atoms with Crippen molar-refractivity contribution < 1.29 is 27.6 Å². The van der Waals surface area contributed by atoms with Crippen molar-refractivity contribution >= 4 is 16.0 Å². The Morgan fingerprint density at radius 1 is 1.33 bits per heavy atom. The molecule has 1 aromatic carbocycles. The summed E-state index contributed by atoms with van der Waals surface area (Å²) in [5.41, 5.74) is -2.56. The molecule has 0 saturated carbocycles. The minimum absolute atomic E-state index is 0.206. The van der Waals surface area contributed by atoms with Gasteiger partial charge in [-0.3, -0.25) is 10.1 Å². The van der Waals surface area contributed by atoms with E-state index in [4.69, 9.17) is 9.88 Å². The van der Waals surface area contributed by atoms with Crippen LogP contribution in [0.3, 0.4) is 0 Å². The van der Waals surface area contributed by atoms with Gasteiger partial charge in [0, 0.05) is 6.08 Å². The Morgan fingerprint density at radius 3 is 2.46 bits per heavy atom. The molecular formula is C14H14N2O7S. The van der Waals surface area contributed by atoms with E-state index in [1.165, 1.54) is 12.1 Å². The van der Waals surface area contributed by atoms with Crippen LogP contribution in [0.4, 0.5) is 0 Å². The van der Waals surface area contributed by atoms with Gasteiger partial charge >= 0.3 is 5.97 Å². The molecular weight excluding hydrogens is 340 g/mol. The number of nitrogens with zero attached hydrogens (tertiary/aromatic N) is 1. The van der Waals surface area contributed by atoms with Crippen molar-refractivity contribution in [2.45, 2.75) is 12.0 Å². The molecule has 0 spiro atoms. The molecule has 128 valence electrons. The van der Waals surface area contributed by atoms with Crippen LogP contribution >= 0.6 is 0 Å². The highest BCUT2D eigenvalue weighted by Crippen LogP contribution is 2.34. The van der Waals surface area contributed by atoms with Gasteiger partial charge < -0.3 is 9.47 Å². The van der Waals surface area contributed by atoms with Crippen molar-refractivity contribution in [1.82, 2.24) is 0 Å². The maximum atomic E-state index is 12.3. The van der Waals surface area contributed by atoms with E-state index in [-0.39, 0.29) is 5.75 Å². The first-order valence-electron chi connectivity index (χ1n) is 6.61. The highest BCUT2D eigenvalue weighted by atomic mass is 32.2. The number of sulfonamides is 1. The summed E-state index contributed by atoms with van der Waals surface area (Å²) in [7, 11) is -3.24. The summed E-state index contributed by atoms with van der Waals surface area (Å²) in [4.78, 5) is 22.0. The summed E-state index contributed by atoms with van der Waals surface area (Å²) >= 11 is 0. The SMILES string of the molecule is COC(=O)C1(Oc2ccccc2)C=C(S(N)(=O)=O)C=C([N+](=O)[O-])C1. The van der Waals surface area contributed by atoms with Crippen LogP contribution in [0, 0.1) is 10.1 Å². The number of carbonyl (C=O) groups excluding carboxylic acids is 1. The van der Waals surface area contributed by atoms with Gasteiger partial charge in [0.15, 0.2) is 0 Å². The Balaban J connectivity index is 2.61. The van der Waals surface area contributed by atoms with Gasteiger partial charge in [-0.2, -0.15) is 0 Å². The molecule has 0 heterocycles. The van der Waals surface area contributed by atoms with Crippen LogP contribution in [-0.2, 0) is 19.6 Å². The van der Waals surface area contributed by atoms with E-state index in [1.807, 2.05) is 0 Å². The zero-order chi connectivity index (χ0) is 18.0. The number of ether oxygens (including phenoxy) is 2. The quantitative estimate of drug-likeness (QED) is 0.467. The molecule has 0 amide bonds. The van der Waals surface area contributed by atoms with E-state index in [1.54, 1.807) is 18.2 Å². The maximum absolute atomic E-state index is 12.3. The predicted molar refractivity (Wildman–Crippen MR) is 82.7 cm³/mol. The number of rotatable bonds is 5. The van der Waals surface area contributed by atoms with Gasteiger partial charge in [0.1, 0.15) is 5.75 Å². The monoisotopic (exact) mass is 354 g/mol. The summed E-state index contributed by atoms with van der Waals surface area (Å²) in [5.74, 6) is -0.780. The molecule has 9 nitrogen and oxygen atoms in total. The fourth-order valence-electron chi connectivity index (χ4n) is 2.20. The summed E-state index contributed by atoms with van der Waals surface area (Å²) in [5, 5.41) is 16.2. The van der Waals surface area contributed by atoms with E-state index in [0.717, 1.165) is 19.3 Å². The van der Waals surface area contributed by atoms with Crippen LogP contribution in [0.1, 0.15) is 6.42 Å². The lowest BCUT2D eigenvalue weighted by molar-refractivity contribution is -0.430. The van der Waals surface area contributed by atoms with Crippen molar-refractivity contribution in [3.8, 4) is 5.75 Å². The fourth-order valence-corrected chi connectivity index (χ4v) is 2.85. The molecule has 0 aliphatic heterocycles. The number of allylic oxidation sites excluding steroid dienone is 1. The largest absolute Gasteiger partial charge is 0.471 e. The summed E-state index contributed by atoms with van der Waals surface area (Å²) < 4.78 is 33.5. The fraction of sp³-hybridized carbons (Fsp3) is 0.214. The van der Waals surface area contributed by atoms with Gasteiger partial charge in [-0.15, -0.1) is 0 Å². The molecule has 1 aliphatic rings. The maximum Gasteiger partial charge on any atom is 0.355 e. The number of nitro groups is 1. The van der Waals surface area contributed by atoms with E-state index < -0.39 is 43.5 Å². The van der Waals surface area contributed by atoms with Crippen molar-refractivity contribution in [2.75, 3.05) is 7.11 Å². The zero-order valence-corrected chi connectivity index (χ0v) is 13.4. The Kier molecular flexibility index (Phi) is 4.71. The third-order valence-electron chi connectivity index (χ3n) is 3.27. The Labute approximate surface area is 137 Å². The Morgan fingerprint density at radius 2 is 1.96 bits per heavy atom. The van der Waals surface area contributed by atoms with Crippen LogP contribution in [0.5, 0.6) is 5.75 Å². The van der Waals surface area contributed by atoms with E-state index >= 15 is 0 Å². The Bertz CT molecular complexity index is 830. The Hall–Kier alpha value is -2.72. The van der Waals surface area contributed by atoms with Crippen LogP contribution in [0.25, 0.3) is 0 Å². The van der Waals surface area contributed by atoms with Crippen LogP contribution in [0.15, 0.2) is 53.1 Å². The molecule has 1 aliphatic carbocycles. The van der Waals surface area contributed by atoms with Gasteiger partial charge in [0.25, 0.3) is 5.70 Å². The van der Waals surface area contributed by atoms with Crippen molar-refractivity contribution in [1.29, 1.82) is 0 Å². The minimum Gasteiger partial charge on any atom is -0.471 e. The molecule has 24 heavy (non-hydrogen) atoms. The number of primary sulfonamides is 1. The predicted octanol–water partition coefficient (Wildman–Crippen LogP) is 0.714. The highest BCUT2D eigenvalue weighted by Gasteiger charge is 2.48. The molecule has 1 aromatic rings. The number of para-hydroxylation sites is 1. The van der Waals surface area contributed by atoms with Crippen molar-refractivity contribution in [2.24, 2.45) is 5.14 Å². The second-order valence-electron chi connectivity index (χ2n) is 4.96. The molecule has 10 heteroatoms. The molecule has 1 unspecified atom stereocenters. The lowest BCUT2D eigenvalue weighted by Gasteiger charge is -2.30. The third-order valence-corrected chi connectivity index (χ3v) is 4.16. The highest BCUT2D eigenvalue weighted by molar-refractivity contribution is 7.93. The summed E-state index contributed by atoms with van der Waals surface area (Å²) in [6, 6.07) is 7.97. The van der Waals surface area contributed by atoms with Gasteiger partial charge in [0.05, 0.1) is 23.4 Å². The number of methoxy groups -OCH3 is 1. The number of hydrogen-bond acceptors (Lipinski definition) is 7. The standard InChI is InChI=1S/C14H14N2O7S/c1-22-13(17)14(23-11-5-3-2-4-6-11)8-10(16(18)19)7-12(9-14)24(15,20)21/h2-7,9H,8H2,1H3,(H2,15,20,21). The second kappa shape index (κ2) is 6.42. The molecule has 2 N–H and O–H groups in total. The normalized spacial score (nSPS) is 20.6. The summed E-state index contributed by atoms with van der Waals surface area (Å²) in [6.07, 6.45) is 1.21. The number of benzene rings is 1. The molecule has 0 bridgehead atoms. The molecule has 0 saturated heterocycles. The zero-order valence-electron chi connectivity index (χ0n) is 12.5. The third kappa shape index (κ3) is 3.60. The molecule has 2 rings (SSSR count). The van der Waals surface area contributed by atoms with Crippen LogP contribution in [-0.4, -0.2) is 32.0 Å². The molecule has 1 atom stereocenters. The lowest BCUT2D eigenvalue weighted by atomic mass is 9.92. The van der Waals surface area contributed by atoms with Crippen LogP contribution < -0.4 is 9.88 Å². The van der Waals surface area contributed by atoms with Gasteiger partial charge in [-0.05, 0) is 18.2 Å². The van der Waals surface area contributed by atoms with Gasteiger partial charge in [-0.1, -0.05) is 18.2 Å². The number of nitrogens with two attached hydrogens (primary N) is 1. The average Bonchev–Trinajstić information content (AvgIpc) is 2.53. The van der Waals surface area contributed by atoms with E-state index in [2.05, 4.69) is 4.74 Å². The van der Waals surface area contributed by atoms with Gasteiger partial charge in [0.2, 0.25) is 15.6 Å².